The van der Waals surface area contributed by atoms with Crippen molar-refractivity contribution in [3.63, 3.8) is 0 Å². The van der Waals surface area contributed by atoms with Gasteiger partial charge in [0.15, 0.2) is 0 Å². The van der Waals surface area contributed by atoms with Crippen molar-refractivity contribution in [1.29, 1.82) is 0 Å². The van der Waals surface area contributed by atoms with Crippen molar-refractivity contribution in [2.24, 2.45) is 0 Å². The third-order valence-corrected chi connectivity index (χ3v) is 1.12. The van der Waals surface area contributed by atoms with E-state index in [1.807, 2.05) is 0 Å². The molecule has 3 heteroatoms. The summed E-state index contributed by atoms with van der Waals surface area (Å²) in [7, 11) is 0. The molecule has 0 aliphatic carbocycles. The van der Waals surface area contributed by atoms with Crippen LogP contribution in [0.4, 0.5) is 0 Å². The summed E-state index contributed by atoms with van der Waals surface area (Å²) in [6.45, 7) is 3.26. The fourth-order valence-electron chi connectivity index (χ4n) is 0.172. The van der Waals surface area contributed by atoms with Gasteiger partial charge in [-0.3, -0.25) is 4.79 Å². The minimum atomic E-state index is -0.818. The SMILES string of the molecule is C=C=CSCC(=O)O. The van der Waals surface area contributed by atoms with Crippen molar-refractivity contribution in [2.45, 2.75) is 0 Å². The van der Waals surface area contributed by atoms with Gasteiger partial charge >= 0.3 is 5.97 Å². The Morgan fingerprint density at radius 2 is 2.62 bits per heavy atom. The van der Waals surface area contributed by atoms with E-state index in [2.05, 4.69) is 12.3 Å². The van der Waals surface area contributed by atoms with E-state index in [0.717, 1.165) is 11.8 Å². The maximum atomic E-state index is 9.79. The molecule has 0 aromatic heterocycles. The van der Waals surface area contributed by atoms with E-state index in [1.165, 1.54) is 5.41 Å². The fourth-order valence-corrected chi connectivity index (χ4v) is 0.516. The monoisotopic (exact) mass is 130 g/mol. The normalized spacial score (nSPS) is 7.50. The van der Waals surface area contributed by atoms with Crippen LogP contribution < -0.4 is 0 Å². The molecule has 0 unspecified atom stereocenters. The van der Waals surface area contributed by atoms with Gasteiger partial charge in [-0.05, 0) is 0 Å². The number of carboxylic acids is 1. The van der Waals surface area contributed by atoms with Crippen molar-refractivity contribution < 1.29 is 9.90 Å². The van der Waals surface area contributed by atoms with Gasteiger partial charge < -0.3 is 5.11 Å². The summed E-state index contributed by atoms with van der Waals surface area (Å²) < 4.78 is 0. The van der Waals surface area contributed by atoms with Crippen LogP contribution in [-0.2, 0) is 4.79 Å². The smallest absolute Gasteiger partial charge is 0.313 e. The first-order valence-corrected chi connectivity index (χ1v) is 3.00. The van der Waals surface area contributed by atoms with Gasteiger partial charge in [0.2, 0.25) is 0 Å². The van der Waals surface area contributed by atoms with Crippen molar-refractivity contribution in [2.75, 3.05) is 5.75 Å². The minimum absolute atomic E-state index is 0.0858. The standard InChI is InChI=1S/C5H6O2S/c1-2-3-8-4-5(6)7/h3H,1,4H2,(H,6,7). The molecule has 0 saturated heterocycles. The molecule has 0 rings (SSSR count). The highest BCUT2D eigenvalue weighted by atomic mass is 32.2. The molecular formula is C5H6O2S. The lowest BCUT2D eigenvalue weighted by atomic mass is 10.8. The zero-order valence-corrected chi connectivity index (χ0v) is 5.07. The van der Waals surface area contributed by atoms with Gasteiger partial charge in [0.25, 0.3) is 0 Å². The third-order valence-electron chi connectivity index (χ3n) is 0.373. The number of carboxylic acid groups (broad SMARTS) is 1. The topological polar surface area (TPSA) is 37.3 Å². The maximum absolute atomic E-state index is 9.79. The molecule has 0 amide bonds. The van der Waals surface area contributed by atoms with Crippen LogP contribution in [0.1, 0.15) is 0 Å². The van der Waals surface area contributed by atoms with E-state index < -0.39 is 5.97 Å². The van der Waals surface area contributed by atoms with Gasteiger partial charge in [-0.2, -0.15) is 0 Å². The molecule has 0 aromatic rings. The zero-order valence-electron chi connectivity index (χ0n) is 4.26. The second kappa shape index (κ2) is 4.50. The summed E-state index contributed by atoms with van der Waals surface area (Å²) in [5.41, 5.74) is 2.45. The summed E-state index contributed by atoms with van der Waals surface area (Å²) in [5, 5.41) is 9.57. The second-order valence-electron chi connectivity index (χ2n) is 1.03. The van der Waals surface area contributed by atoms with Gasteiger partial charge in [-0.1, -0.05) is 6.58 Å². The molecule has 0 heterocycles. The van der Waals surface area contributed by atoms with Gasteiger partial charge in [0, 0.05) is 5.41 Å². The van der Waals surface area contributed by atoms with E-state index in [0.29, 0.717) is 0 Å². The van der Waals surface area contributed by atoms with Crippen LogP contribution in [-0.4, -0.2) is 16.8 Å². The average molecular weight is 130 g/mol. The maximum Gasteiger partial charge on any atom is 0.313 e. The highest BCUT2D eigenvalue weighted by molar-refractivity contribution is 8.02. The Kier molecular flexibility index (Phi) is 4.13. The minimum Gasteiger partial charge on any atom is -0.481 e. The Bertz CT molecular complexity index is 122. The van der Waals surface area contributed by atoms with Crippen LogP contribution >= 0.6 is 11.8 Å². The molecule has 1 N–H and O–H groups in total. The predicted octanol–water partition coefficient (Wildman–Crippen LogP) is 1.10. The van der Waals surface area contributed by atoms with Gasteiger partial charge in [-0.25, -0.2) is 0 Å². The molecule has 0 spiro atoms. The lowest BCUT2D eigenvalue weighted by molar-refractivity contribution is -0.133. The van der Waals surface area contributed by atoms with Crippen molar-refractivity contribution in [3.05, 3.63) is 17.7 Å². The number of carbonyl (C=O) groups is 1. The molecule has 8 heavy (non-hydrogen) atoms. The van der Waals surface area contributed by atoms with E-state index in [1.54, 1.807) is 0 Å². The van der Waals surface area contributed by atoms with Crippen molar-refractivity contribution in [3.8, 4) is 0 Å². The van der Waals surface area contributed by atoms with Crippen LogP contribution in [0.25, 0.3) is 0 Å². The summed E-state index contributed by atoms with van der Waals surface area (Å²) in [6, 6.07) is 0. The third kappa shape index (κ3) is 5.34. The van der Waals surface area contributed by atoms with Crippen LogP contribution in [0.5, 0.6) is 0 Å². The van der Waals surface area contributed by atoms with E-state index in [-0.39, 0.29) is 5.75 Å². The molecule has 2 nitrogen and oxygen atoms in total. The zero-order chi connectivity index (χ0) is 6.41. The van der Waals surface area contributed by atoms with Gasteiger partial charge in [0.05, 0.1) is 5.75 Å². The van der Waals surface area contributed by atoms with E-state index >= 15 is 0 Å². The molecule has 44 valence electrons. The molecule has 0 aliphatic rings. The van der Waals surface area contributed by atoms with Gasteiger partial charge in [-0.15, -0.1) is 17.5 Å². The predicted molar refractivity (Wildman–Crippen MR) is 33.8 cm³/mol. The Morgan fingerprint density at radius 1 is 2.00 bits per heavy atom. The largest absolute Gasteiger partial charge is 0.481 e. The van der Waals surface area contributed by atoms with Crippen molar-refractivity contribution >= 4 is 17.7 Å². The number of rotatable bonds is 3. The molecule has 0 saturated carbocycles. The summed E-state index contributed by atoms with van der Waals surface area (Å²) in [6.07, 6.45) is 0. The van der Waals surface area contributed by atoms with Crippen molar-refractivity contribution in [1.82, 2.24) is 0 Å². The van der Waals surface area contributed by atoms with Crippen LogP contribution in [0, 0.1) is 0 Å². The quantitative estimate of drug-likeness (QED) is 0.581. The Hall–Kier alpha value is -0.660. The fraction of sp³-hybridized carbons (Fsp3) is 0.200. The lowest BCUT2D eigenvalue weighted by Crippen LogP contribution is -1.95. The van der Waals surface area contributed by atoms with E-state index in [9.17, 15) is 4.79 Å². The highest BCUT2D eigenvalue weighted by Gasteiger charge is 1.90. The molecule has 0 aliphatic heterocycles. The summed E-state index contributed by atoms with van der Waals surface area (Å²) >= 11 is 1.16. The molecule has 0 radical (unpaired) electrons. The molecular weight excluding hydrogens is 124 g/mol. The number of aliphatic carboxylic acids is 1. The van der Waals surface area contributed by atoms with Gasteiger partial charge in [0.1, 0.15) is 0 Å². The highest BCUT2D eigenvalue weighted by Crippen LogP contribution is 1.97. The van der Waals surface area contributed by atoms with Crippen LogP contribution in [0.15, 0.2) is 17.7 Å². The first kappa shape index (κ1) is 7.34. The molecule has 0 aromatic carbocycles. The number of hydrogen-bond donors (Lipinski definition) is 1. The first-order chi connectivity index (χ1) is 3.77. The number of hydrogen-bond acceptors (Lipinski definition) is 2. The Morgan fingerprint density at radius 3 is 3.00 bits per heavy atom. The van der Waals surface area contributed by atoms with Crippen LogP contribution in [0.3, 0.4) is 0 Å². The summed E-state index contributed by atoms with van der Waals surface area (Å²) in [4.78, 5) is 9.79. The lowest BCUT2D eigenvalue weighted by Gasteiger charge is -1.82. The Balaban J connectivity index is 3.18. The van der Waals surface area contributed by atoms with Crippen LogP contribution in [0.2, 0.25) is 0 Å². The molecule has 0 bridgehead atoms. The number of thioether (sulfide) groups is 1. The Labute approximate surface area is 51.9 Å². The molecule has 0 atom stereocenters. The average Bonchev–Trinajstić information content (AvgIpc) is 1.66. The van der Waals surface area contributed by atoms with E-state index in [4.69, 9.17) is 5.11 Å². The molecule has 0 fully saturated rings. The summed E-state index contributed by atoms with van der Waals surface area (Å²) in [5.74, 6) is -0.732. The second-order valence-corrected chi connectivity index (χ2v) is 1.88. The first-order valence-electron chi connectivity index (χ1n) is 1.95.